The van der Waals surface area contributed by atoms with Gasteiger partial charge in [-0.15, -0.1) is 11.3 Å². The summed E-state index contributed by atoms with van der Waals surface area (Å²) in [5.74, 6) is -0.299. The zero-order valence-corrected chi connectivity index (χ0v) is 14.4. The van der Waals surface area contributed by atoms with Crippen molar-refractivity contribution >= 4 is 34.4 Å². The second-order valence-electron chi connectivity index (χ2n) is 5.69. The van der Waals surface area contributed by atoms with Crippen LogP contribution >= 0.6 is 11.3 Å². The molecule has 7 nitrogen and oxygen atoms in total. The minimum absolute atomic E-state index is 0.105. The highest BCUT2D eigenvalue weighted by atomic mass is 32.1. The van der Waals surface area contributed by atoms with Gasteiger partial charge in [0, 0.05) is 17.5 Å². The molecule has 132 valence electrons. The SMILES string of the molecule is N#Cc1c(NC(=O)C=Cc2cccc(O)c2)sc2c1CCN(C(=O)O)C2. The van der Waals surface area contributed by atoms with Gasteiger partial charge >= 0.3 is 6.09 Å². The number of fused-ring (bicyclic) bond motifs is 1. The third-order valence-corrected chi connectivity index (χ3v) is 5.11. The lowest BCUT2D eigenvalue weighted by atomic mass is 10.0. The second kappa shape index (κ2) is 7.29. The van der Waals surface area contributed by atoms with Crippen LogP contribution in [0.15, 0.2) is 30.3 Å². The van der Waals surface area contributed by atoms with E-state index in [0.717, 1.165) is 10.4 Å². The van der Waals surface area contributed by atoms with Crippen LogP contribution < -0.4 is 5.32 Å². The highest BCUT2D eigenvalue weighted by Crippen LogP contribution is 2.36. The molecule has 3 N–H and O–H groups in total. The van der Waals surface area contributed by atoms with Crippen LogP contribution in [-0.2, 0) is 17.8 Å². The fourth-order valence-corrected chi connectivity index (χ4v) is 3.94. The van der Waals surface area contributed by atoms with Crippen LogP contribution in [0.4, 0.5) is 9.80 Å². The largest absolute Gasteiger partial charge is 0.508 e. The average Bonchev–Trinajstić information content (AvgIpc) is 2.96. The average molecular weight is 369 g/mol. The predicted octanol–water partition coefficient (Wildman–Crippen LogP) is 3.01. The molecule has 0 bridgehead atoms. The van der Waals surface area contributed by atoms with Gasteiger partial charge in [0.1, 0.15) is 16.8 Å². The Kier molecular flexibility index (Phi) is 4.91. The van der Waals surface area contributed by atoms with E-state index in [9.17, 15) is 20.0 Å². The summed E-state index contributed by atoms with van der Waals surface area (Å²) in [6.45, 7) is 0.553. The third kappa shape index (κ3) is 3.68. The van der Waals surface area contributed by atoms with Crippen molar-refractivity contribution in [3.8, 4) is 11.8 Å². The zero-order valence-electron chi connectivity index (χ0n) is 13.6. The summed E-state index contributed by atoms with van der Waals surface area (Å²) in [6.07, 6.45) is 2.33. The smallest absolute Gasteiger partial charge is 0.407 e. The number of benzene rings is 1. The summed E-state index contributed by atoms with van der Waals surface area (Å²) in [6, 6.07) is 8.58. The molecule has 0 radical (unpaired) electrons. The molecule has 1 aliphatic rings. The first kappa shape index (κ1) is 17.5. The Balaban J connectivity index is 1.77. The summed E-state index contributed by atoms with van der Waals surface area (Å²) in [7, 11) is 0. The molecule has 1 aromatic heterocycles. The molecule has 2 amide bonds. The van der Waals surface area contributed by atoms with Gasteiger partial charge in [-0.2, -0.15) is 5.26 Å². The van der Waals surface area contributed by atoms with Crippen LogP contribution in [0.5, 0.6) is 5.75 Å². The lowest BCUT2D eigenvalue weighted by Gasteiger charge is -2.23. The number of aromatic hydroxyl groups is 1. The normalized spacial score (nSPS) is 13.3. The van der Waals surface area contributed by atoms with E-state index >= 15 is 0 Å². The van der Waals surface area contributed by atoms with E-state index in [4.69, 9.17) is 5.11 Å². The maximum atomic E-state index is 12.2. The molecule has 0 aliphatic carbocycles. The van der Waals surface area contributed by atoms with Gasteiger partial charge in [-0.3, -0.25) is 4.79 Å². The minimum atomic E-state index is -0.998. The second-order valence-corrected chi connectivity index (χ2v) is 6.80. The van der Waals surface area contributed by atoms with Gasteiger partial charge in [0.2, 0.25) is 5.91 Å². The Bertz CT molecular complexity index is 942. The van der Waals surface area contributed by atoms with Crippen LogP contribution in [-0.4, -0.2) is 33.7 Å². The fourth-order valence-electron chi connectivity index (χ4n) is 2.73. The Labute approximate surface area is 153 Å². The van der Waals surface area contributed by atoms with E-state index in [1.165, 1.54) is 34.4 Å². The van der Waals surface area contributed by atoms with Crippen molar-refractivity contribution in [3.63, 3.8) is 0 Å². The van der Waals surface area contributed by atoms with Crippen LogP contribution in [0.2, 0.25) is 0 Å². The number of carboxylic acid groups (broad SMARTS) is 1. The molecule has 1 aromatic carbocycles. The Morgan fingerprint density at radius 3 is 2.88 bits per heavy atom. The number of phenols is 1. The molecule has 0 fully saturated rings. The van der Waals surface area contributed by atoms with E-state index in [1.54, 1.807) is 18.2 Å². The standard InChI is InChI=1S/C18H15N3O4S/c19-9-14-13-6-7-21(18(24)25)10-15(13)26-17(14)20-16(23)5-4-11-2-1-3-12(22)8-11/h1-5,8,22H,6-7,10H2,(H,20,23)(H,24,25). The van der Waals surface area contributed by atoms with Crippen LogP contribution in [0.1, 0.15) is 21.6 Å². The van der Waals surface area contributed by atoms with Crippen molar-refractivity contribution in [3.05, 3.63) is 51.9 Å². The van der Waals surface area contributed by atoms with Gasteiger partial charge < -0.3 is 20.4 Å². The Hall–Kier alpha value is -3.31. The van der Waals surface area contributed by atoms with Crippen LogP contribution in [0.25, 0.3) is 6.08 Å². The number of nitrogens with one attached hydrogen (secondary N) is 1. The summed E-state index contributed by atoms with van der Waals surface area (Å²) >= 11 is 1.23. The number of anilines is 1. The number of phenolic OH excluding ortho intramolecular Hbond substituents is 1. The summed E-state index contributed by atoms with van der Waals surface area (Å²) in [4.78, 5) is 25.3. The Morgan fingerprint density at radius 1 is 1.38 bits per heavy atom. The van der Waals surface area contributed by atoms with Gasteiger partial charge in [-0.1, -0.05) is 12.1 Å². The van der Waals surface area contributed by atoms with Crippen molar-refractivity contribution in [1.29, 1.82) is 5.26 Å². The number of thiophene rings is 1. The molecule has 26 heavy (non-hydrogen) atoms. The number of hydrogen-bond acceptors (Lipinski definition) is 5. The Morgan fingerprint density at radius 2 is 2.19 bits per heavy atom. The molecular formula is C18H15N3O4S. The van der Waals surface area contributed by atoms with E-state index < -0.39 is 12.0 Å². The lowest BCUT2D eigenvalue weighted by molar-refractivity contribution is -0.111. The highest BCUT2D eigenvalue weighted by Gasteiger charge is 2.27. The predicted molar refractivity (Wildman–Crippen MR) is 96.9 cm³/mol. The topological polar surface area (TPSA) is 114 Å². The van der Waals surface area contributed by atoms with Gasteiger partial charge in [-0.25, -0.2) is 4.79 Å². The van der Waals surface area contributed by atoms with Crippen molar-refractivity contribution in [2.24, 2.45) is 0 Å². The number of carbonyl (C=O) groups is 2. The molecule has 2 aromatic rings. The van der Waals surface area contributed by atoms with Gasteiger partial charge in [0.25, 0.3) is 0 Å². The van der Waals surface area contributed by atoms with Crippen molar-refractivity contribution < 1.29 is 19.8 Å². The van der Waals surface area contributed by atoms with E-state index in [1.807, 2.05) is 0 Å². The molecule has 2 heterocycles. The van der Waals surface area contributed by atoms with Crippen molar-refractivity contribution in [2.45, 2.75) is 13.0 Å². The highest BCUT2D eigenvalue weighted by molar-refractivity contribution is 7.16. The van der Waals surface area contributed by atoms with Crippen LogP contribution in [0.3, 0.4) is 0 Å². The third-order valence-electron chi connectivity index (χ3n) is 3.97. The molecule has 3 rings (SSSR count). The molecule has 0 saturated carbocycles. The minimum Gasteiger partial charge on any atom is -0.508 e. The number of amides is 2. The fraction of sp³-hybridized carbons (Fsp3) is 0.167. The molecule has 0 unspecified atom stereocenters. The zero-order chi connectivity index (χ0) is 18.7. The summed E-state index contributed by atoms with van der Waals surface area (Å²) in [5.41, 5.74) is 1.87. The molecule has 8 heteroatoms. The van der Waals surface area contributed by atoms with Crippen molar-refractivity contribution in [2.75, 3.05) is 11.9 Å². The molecular weight excluding hydrogens is 354 g/mol. The van der Waals surface area contributed by atoms with Gasteiger partial charge in [0.15, 0.2) is 0 Å². The maximum Gasteiger partial charge on any atom is 0.407 e. The first-order valence-electron chi connectivity index (χ1n) is 7.78. The maximum absolute atomic E-state index is 12.2. The molecule has 0 saturated heterocycles. The number of rotatable bonds is 3. The van der Waals surface area contributed by atoms with E-state index in [0.29, 0.717) is 29.1 Å². The molecule has 0 atom stereocenters. The summed E-state index contributed by atoms with van der Waals surface area (Å²) < 4.78 is 0. The molecule has 0 spiro atoms. The number of hydrogen-bond donors (Lipinski definition) is 3. The number of nitriles is 1. The molecule has 1 aliphatic heterocycles. The van der Waals surface area contributed by atoms with Crippen LogP contribution in [0, 0.1) is 11.3 Å². The first-order chi connectivity index (χ1) is 12.5. The van der Waals surface area contributed by atoms with E-state index in [-0.39, 0.29) is 12.3 Å². The number of carbonyl (C=O) groups excluding carboxylic acids is 1. The van der Waals surface area contributed by atoms with Crippen molar-refractivity contribution in [1.82, 2.24) is 4.90 Å². The van der Waals surface area contributed by atoms with E-state index in [2.05, 4.69) is 11.4 Å². The number of nitrogens with zero attached hydrogens (tertiary/aromatic N) is 2. The van der Waals surface area contributed by atoms with Gasteiger partial charge in [0.05, 0.1) is 12.1 Å². The quantitative estimate of drug-likeness (QED) is 0.720. The summed E-state index contributed by atoms with van der Waals surface area (Å²) in [5, 5.41) is 31.1. The first-order valence-corrected chi connectivity index (χ1v) is 8.60. The monoisotopic (exact) mass is 369 g/mol. The lowest BCUT2D eigenvalue weighted by Crippen LogP contribution is -2.34. The van der Waals surface area contributed by atoms with Gasteiger partial charge in [-0.05, 0) is 35.8 Å².